The summed E-state index contributed by atoms with van der Waals surface area (Å²) in [6.07, 6.45) is 7.51. The number of nitrogens with zero attached hydrogens (tertiary/aromatic N) is 3. The molecule has 1 unspecified atom stereocenters. The summed E-state index contributed by atoms with van der Waals surface area (Å²) in [4.78, 5) is 27.1. The maximum Gasteiger partial charge on any atom is 0.318 e. The predicted octanol–water partition coefficient (Wildman–Crippen LogP) is 3.71. The minimum absolute atomic E-state index is 0.145. The van der Waals surface area contributed by atoms with Crippen LogP contribution in [0.4, 0.5) is 14.3 Å². The van der Waals surface area contributed by atoms with E-state index in [0.717, 1.165) is 42.7 Å². The van der Waals surface area contributed by atoms with Crippen molar-refractivity contribution in [1.82, 2.24) is 20.4 Å². The molecule has 1 saturated carbocycles. The van der Waals surface area contributed by atoms with Gasteiger partial charge in [0.05, 0.1) is 0 Å². The van der Waals surface area contributed by atoms with Crippen molar-refractivity contribution in [2.75, 3.05) is 11.9 Å². The topological polar surface area (TPSA) is 87.2 Å². The summed E-state index contributed by atoms with van der Waals surface area (Å²) < 4.78 is 13.0. The molecule has 2 aliphatic rings. The van der Waals surface area contributed by atoms with E-state index in [4.69, 9.17) is 0 Å². The Kier molecular flexibility index (Phi) is 6.56. The van der Waals surface area contributed by atoms with E-state index in [9.17, 15) is 14.0 Å². The SMILES string of the molecule is O=C(Nc1nnc(Cc2ccc(F)cc2)s1)C1CCCN1C(=O)NC1CCCCC1. The molecule has 1 saturated heterocycles. The second-order valence-corrected chi connectivity index (χ2v) is 8.99. The first-order chi connectivity index (χ1) is 14.6. The quantitative estimate of drug-likeness (QED) is 0.756. The van der Waals surface area contributed by atoms with Crippen LogP contribution in [0.15, 0.2) is 24.3 Å². The number of carbonyl (C=O) groups excluding carboxylic acids is 2. The van der Waals surface area contributed by atoms with Crippen LogP contribution >= 0.6 is 11.3 Å². The smallest absolute Gasteiger partial charge is 0.318 e. The van der Waals surface area contributed by atoms with Gasteiger partial charge in [0, 0.05) is 19.0 Å². The lowest BCUT2D eigenvalue weighted by atomic mass is 9.96. The number of anilines is 1. The van der Waals surface area contributed by atoms with Crippen LogP contribution in [0.2, 0.25) is 0 Å². The molecule has 2 heterocycles. The summed E-state index contributed by atoms with van der Waals surface area (Å²) in [7, 11) is 0. The molecule has 4 rings (SSSR count). The molecule has 30 heavy (non-hydrogen) atoms. The number of amides is 3. The molecule has 1 aromatic heterocycles. The van der Waals surface area contributed by atoms with Gasteiger partial charge < -0.3 is 10.2 Å². The average Bonchev–Trinajstić information content (AvgIpc) is 3.40. The number of likely N-dealkylation sites (tertiary alicyclic amines) is 1. The maximum atomic E-state index is 13.0. The number of aromatic nitrogens is 2. The van der Waals surface area contributed by atoms with Crippen molar-refractivity contribution < 1.29 is 14.0 Å². The molecule has 2 aromatic rings. The van der Waals surface area contributed by atoms with Crippen LogP contribution in [0, 0.1) is 5.82 Å². The Hall–Kier alpha value is -2.55. The lowest BCUT2D eigenvalue weighted by molar-refractivity contribution is -0.119. The molecular weight excluding hydrogens is 405 g/mol. The fraction of sp³-hybridized carbons (Fsp3) is 0.524. The molecular formula is C21H26FN5O2S. The highest BCUT2D eigenvalue weighted by Crippen LogP contribution is 2.23. The van der Waals surface area contributed by atoms with Crippen molar-refractivity contribution in [3.05, 3.63) is 40.7 Å². The Morgan fingerprint density at radius 3 is 2.60 bits per heavy atom. The van der Waals surface area contributed by atoms with Crippen molar-refractivity contribution in [2.24, 2.45) is 0 Å². The van der Waals surface area contributed by atoms with Gasteiger partial charge in [-0.05, 0) is 43.4 Å². The fourth-order valence-corrected chi connectivity index (χ4v) is 4.90. The minimum Gasteiger partial charge on any atom is -0.335 e. The van der Waals surface area contributed by atoms with Crippen LogP contribution in [0.5, 0.6) is 0 Å². The number of halogens is 1. The summed E-state index contributed by atoms with van der Waals surface area (Å²) >= 11 is 1.29. The van der Waals surface area contributed by atoms with Crippen LogP contribution in [0.3, 0.4) is 0 Å². The number of benzene rings is 1. The molecule has 160 valence electrons. The van der Waals surface area contributed by atoms with Crippen LogP contribution in [-0.2, 0) is 11.2 Å². The van der Waals surface area contributed by atoms with Gasteiger partial charge in [-0.1, -0.05) is 42.7 Å². The van der Waals surface area contributed by atoms with Crippen LogP contribution in [-0.4, -0.2) is 45.7 Å². The van der Waals surface area contributed by atoms with E-state index < -0.39 is 6.04 Å². The Bertz CT molecular complexity index is 882. The molecule has 2 fully saturated rings. The van der Waals surface area contributed by atoms with Crippen molar-refractivity contribution in [3.63, 3.8) is 0 Å². The first-order valence-corrected chi connectivity index (χ1v) is 11.3. The second-order valence-electron chi connectivity index (χ2n) is 7.93. The zero-order valence-corrected chi connectivity index (χ0v) is 17.6. The fourth-order valence-electron chi connectivity index (χ4n) is 4.13. The third-order valence-electron chi connectivity index (χ3n) is 5.71. The normalized spacial score (nSPS) is 19.6. The number of urea groups is 1. The average molecular weight is 432 g/mol. The van der Waals surface area contributed by atoms with Crippen molar-refractivity contribution in [2.45, 2.75) is 63.5 Å². The monoisotopic (exact) mass is 431 g/mol. The van der Waals surface area contributed by atoms with Crippen LogP contribution in [0.1, 0.15) is 55.5 Å². The Morgan fingerprint density at radius 1 is 1.07 bits per heavy atom. The van der Waals surface area contributed by atoms with E-state index >= 15 is 0 Å². The van der Waals surface area contributed by atoms with Gasteiger partial charge in [-0.2, -0.15) is 0 Å². The van der Waals surface area contributed by atoms with Gasteiger partial charge in [-0.25, -0.2) is 9.18 Å². The van der Waals surface area contributed by atoms with Crippen LogP contribution < -0.4 is 10.6 Å². The Balaban J connectivity index is 1.33. The van der Waals surface area contributed by atoms with E-state index in [0.29, 0.717) is 24.5 Å². The number of nitrogens with one attached hydrogen (secondary N) is 2. The lowest BCUT2D eigenvalue weighted by Crippen LogP contribution is -2.50. The third-order valence-corrected chi connectivity index (χ3v) is 6.55. The highest BCUT2D eigenvalue weighted by molar-refractivity contribution is 7.15. The highest BCUT2D eigenvalue weighted by atomic mass is 32.1. The Morgan fingerprint density at radius 2 is 1.83 bits per heavy atom. The summed E-state index contributed by atoms with van der Waals surface area (Å²) in [5.74, 6) is -0.506. The molecule has 9 heteroatoms. The van der Waals surface area contributed by atoms with Gasteiger partial charge in [0.1, 0.15) is 16.9 Å². The van der Waals surface area contributed by atoms with E-state index in [1.54, 1.807) is 17.0 Å². The molecule has 1 aliphatic heterocycles. The molecule has 1 aromatic carbocycles. The molecule has 0 spiro atoms. The zero-order valence-electron chi connectivity index (χ0n) is 16.8. The van der Waals surface area contributed by atoms with Crippen molar-refractivity contribution in [1.29, 1.82) is 0 Å². The third kappa shape index (κ3) is 5.13. The van der Waals surface area contributed by atoms with Crippen LogP contribution in [0.25, 0.3) is 0 Å². The minimum atomic E-state index is -0.488. The van der Waals surface area contributed by atoms with Crippen molar-refractivity contribution in [3.8, 4) is 0 Å². The van der Waals surface area contributed by atoms with E-state index in [1.807, 2.05) is 0 Å². The van der Waals surface area contributed by atoms with Gasteiger partial charge in [0.25, 0.3) is 0 Å². The van der Waals surface area contributed by atoms with Gasteiger partial charge in [0.2, 0.25) is 11.0 Å². The Labute approximate surface area is 179 Å². The first kappa shape index (κ1) is 20.7. The highest BCUT2D eigenvalue weighted by Gasteiger charge is 2.35. The number of carbonyl (C=O) groups is 2. The zero-order chi connectivity index (χ0) is 20.9. The summed E-state index contributed by atoms with van der Waals surface area (Å²) in [5.41, 5.74) is 0.923. The summed E-state index contributed by atoms with van der Waals surface area (Å²) in [6, 6.07) is 5.81. The molecule has 0 bridgehead atoms. The molecule has 1 aliphatic carbocycles. The molecule has 1 atom stereocenters. The van der Waals surface area contributed by atoms with E-state index in [1.165, 1.54) is 29.9 Å². The standard InChI is InChI=1S/C21H26FN5O2S/c22-15-10-8-14(9-11-15)13-18-25-26-20(30-18)24-19(28)17-7-4-12-27(17)21(29)23-16-5-2-1-3-6-16/h8-11,16-17H,1-7,12-13H2,(H,23,29)(H,24,26,28). The van der Waals surface area contributed by atoms with E-state index in [-0.39, 0.29) is 23.8 Å². The van der Waals surface area contributed by atoms with E-state index in [2.05, 4.69) is 20.8 Å². The number of hydrogen-bond donors (Lipinski definition) is 2. The lowest BCUT2D eigenvalue weighted by Gasteiger charge is -2.28. The summed E-state index contributed by atoms with van der Waals surface area (Å²) in [6.45, 7) is 0.586. The summed E-state index contributed by atoms with van der Waals surface area (Å²) in [5, 5.41) is 15.2. The predicted molar refractivity (Wildman–Crippen MR) is 113 cm³/mol. The first-order valence-electron chi connectivity index (χ1n) is 10.5. The van der Waals surface area contributed by atoms with Gasteiger partial charge in [-0.3, -0.25) is 10.1 Å². The van der Waals surface area contributed by atoms with Gasteiger partial charge in [-0.15, -0.1) is 10.2 Å². The largest absolute Gasteiger partial charge is 0.335 e. The molecule has 7 nitrogen and oxygen atoms in total. The van der Waals surface area contributed by atoms with Gasteiger partial charge in [0.15, 0.2) is 0 Å². The molecule has 3 amide bonds. The number of rotatable bonds is 5. The second kappa shape index (κ2) is 9.51. The molecule has 2 N–H and O–H groups in total. The molecule has 0 radical (unpaired) electrons. The van der Waals surface area contributed by atoms with Crippen molar-refractivity contribution >= 4 is 28.4 Å². The maximum absolute atomic E-state index is 13.0. The van der Waals surface area contributed by atoms with Gasteiger partial charge >= 0.3 is 6.03 Å². The number of hydrogen-bond acceptors (Lipinski definition) is 5.